The number of nitrogens with one attached hydrogen (secondary N) is 1. The van der Waals surface area contributed by atoms with Crippen LogP contribution in [-0.2, 0) is 6.54 Å². The number of rotatable bonds is 6. The summed E-state index contributed by atoms with van der Waals surface area (Å²) < 4.78 is 0. The number of hydrogen-bond donors (Lipinski definition) is 2. The Morgan fingerprint density at radius 3 is 2.81 bits per heavy atom. The lowest BCUT2D eigenvalue weighted by molar-refractivity contribution is 0.223. The Balaban J connectivity index is 1.51. The fraction of sp³-hybridized carbons (Fsp3) is 0.667. The third kappa shape index (κ3) is 3.65. The lowest BCUT2D eigenvalue weighted by Crippen LogP contribution is -2.38. The van der Waals surface area contributed by atoms with Crippen LogP contribution in [0.1, 0.15) is 25.3 Å². The molecule has 1 aromatic carbocycles. The van der Waals surface area contributed by atoms with E-state index in [0.29, 0.717) is 12.0 Å². The van der Waals surface area contributed by atoms with Gasteiger partial charge in [0.05, 0.1) is 0 Å². The minimum atomic E-state index is 0.286. The normalized spacial score (nSPS) is 30.5. The first kappa shape index (κ1) is 15.0. The molecule has 1 aliphatic carbocycles. The predicted octanol–water partition coefficient (Wildman–Crippen LogP) is 2.11. The van der Waals surface area contributed by atoms with Crippen LogP contribution in [0.25, 0.3) is 0 Å². The second-order valence-electron chi connectivity index (χ2n) is 6.98. The zero-order valence-corrected chi connectivity index (χ0v) is 13.0. The number of fused-ring (bicyclic) bond motifs is 1. The Bertz CT molecular complexity index is 436. The van der Waals surface area contributed by atoms with Crippen molar-refractivity contribution >= 4 is 0 Å². The van der Waals surface area contributed by atoms with Gasteiger partial charge in [-0.2, -0.15) is 0 Å². The fourth-order valence-electron chi connectivity index (χ4n) is 4.00. The highest BCUT2D eigenvalue weighted by molar-refractivity contribution is 5.15. The van der Waals surface area contributed by atoms with Crippen molar-refractivity contribution in [1.82, 2.24) is 10.2 Å². The smallest absolute Gasteiger partial charge is 0.0468 e. The van der Waals surface area contributed by atoms with Crippen LogP contribution in [0.5, 0.6) is 0 Å². The van der Waals surface area contributed by atoms with E-state index in [2.05, 4.69) is 47.5 Å². The molecule has 1 saturated carbocycles. The van der Waals surface area contributed by atoms with Gasteiger partial charge in [0.15, 0.2) is 0 Å². The van der Waals surface area contributed by atoms with Crippen molar-refractivity contribution < 1.29 is 5.11 Å². The minimum absolute atomic E-state index is 0.286. The van der Waals surface area contributed by atoms with E-state index in [-0.39, 0.29) is 6.61 Å². The molecule has 3 rings (SSSR count). The summed E-state index contributed by atoms with van der Waals surface area (Å²) in [5.74, 6) is 2.04. The highest BCUT2D eigenvalue weighted by Crippen LogP contribution is 2.38. The van der Waals surface area contributed by atoms with Gasteiger partial charge in [0.25, 0.3) is 0 Å². The Kier molecular flexibility index (Phi) is 4.94. The van der Waals surface area contributed by atoms with Gasteiger partial charge in [-0.05, 0) is 36.2 Å². The number of benzene rings is 1. The van der Waals surface area contributed by atoms with Crippen LogP contribution in [0.15, 0.2) is 30.3 Å². The van der Waals surface area contributed by atoms with Crippen LogP contribution < -0.4 is 5.32 Å². The van der Waals surface area contributed by atoms with E-state index in [9.17, 15) is 0 Å². The minimum Gasteiger partial charge on any atom is -0.396 e. The largest absolute Gasteiger partial charge is 0.396 e. The molecule has 1 saturated heterocycles. The van der Waals surface area contributed by atoms with E-state index in [4.69, 9.17) is 5.11 Å². The number of likely N-dealkylation sites (tertiary alicyclic amines) is 1. The maximum Gasteiger partial charge on any atom is 0.0468 e. The van der Waals surface area contributed by atoms with Gasteiger partial charge in [-0.1, -0.05) is 37.3 Å². The zero-order chi connectivity index (χ0) is 14.7. The average Bonchev–Trinajstić information content (AvgIpc) is 3.06. The van der Waals surface area contributed by atoms with Crippen molar-refractivity contribution in [3.63, 3.8) is 0 Å². The first-order valence-corrected chi connectivity index (χ1v) is 8.36. The van der Waals surface area contributed by atoms with Crippen LogP contribution in [-0.4, -0.2) is 42.3 Å². The monoisotopic (exact) mass is 288 g/mol. The maximum absolute atomic E-state index is 9.15. The van der Waals surface area contributed by atoms with Gasteiger partial charge in [0.1, 0.15) is 0 Å². The molecular weight excluding hydrogens is 260 g/mol. The summed E-state index contributed by atoms with van der Waals surface area (Å²) in [6.07, 6.45) is 2.67. The van der Waals surface area contributed by atoms with Gasteiger partial charge in [-0.15, -0.1) is 0 Å². The van der Waals surface area contributed by atoms with E-state index in [1.807, 2.05) is 0 Å². The van der Waals surface area contributed by atoms with E-state index in [0.717, 1.165) is 24.9 Å². The molecule has 1 heterocycles. The molecule has 2 aliphatic rings. The summed E-state index contributed by atoms with van der Waals surface area (Å²) in [6.45, 7) is 6.92. The highest BCUT2D eigenvalue weighted by atomic mass is 16.3. The lowest BCUT2D eigenvalue weighted by atomic mass is 9.97. The molecule has 2 N–H and O–H groups in total. The molecule has 0 amide bonds. The van der Waals surface area contributed by atoms with Crippen LogP contribution in [0.4, 0.5) is 0 Å². The van der Waals surface area contributed by atoms with Crippen LogP contribution in [0.2, 0.25) is 0 Å². The zero-order valence-electron chi connectivity index (χ0n) is 13.0. The molecule has 116 valence electrons. The van der Waals surface area contributed by atoms with E-state index >= 15 is 0 Å². The van der Waals surface area contributed by atoms with Crippen molar-refractivity contribution in [3.8, 4) is 0 Å². The Hall–Kier alpha value is -0.900. The molecule has 1 aliphatic heterocycles. The predicted molar refractivity (Wildman–Crippen MR) is 86.0 cm³/mol. The highest BCUT2D eigenvalue weighted by Gasteiger charge is 2.42. The molecule has 4 unspecified atom stereocenters. The van der Waals surface area contributed by atoms with Crippen molar-refractivity contribution in [2.24, 2.45) is 17.8 Å². The van der Waals surface area contributed by atoms with Crippen molar-refractivity contribution in [3.05, 3.63) is 35.9 Å². The molecular formula is C18H28N2O. The standard InChI is InChI=1S/C18H28N2O/c1-14(13-21)9-19-18-8-7-16-11-20(12-17(16)18)10-15-5-3-2-4-6-15/h2-6,14,16-19,21H,7-13H2,1H3. The maximum atomic E-state index is 9.15. The fourth-order valence-corrected chi connectivity index (χ4v) is 4.00. The molecule has 3 nitrogen and oxygen atoms in total. The first-order chi connectivity index (χ1) is 10.3. The quantitative estimate of drug-likeness (QED) is 0.841. The molecule has 1 aromatic rings. The summed E-state index contributed by atoms with van der Waals surface area (Å²) in [6, 6.07) is 11.5. The van der Waals surface area contributed by atoms with Crippen molar-refractivity contribution in [1.29, 1.82) is 0 Å². The molecule has 0 radical (unpaired) electrons. The first-order valence-electron chi connectivity index (χ1n) is 8.36. The van der Waals surface area contributed by atoms with Gasteiger partial charge in [-0.3, -0.25) is 4.90 Å². The average molecular weight is 288 g/mol. The summed E-state index contributed by atoms with van der Waals surface area (Å²) in [4.78, 5) is 2.62. The Morgan fingerprint density at radius 1 is 1.24 bits per heavy atom. The van der Waals surface area contributed by atoms with E-state index in [1.54, 1.807) is 0 Å². The number of nitrogens with zero attached hydrogens (tertiary/aromatic N) is 1. The Labute approximate surface area is 128 Å². The second-order valence-corrected chi connectivity index (χ2v) is 6.98. The van der Waals surface area contributed by atoms with Gasteiger partial charge in [0.2, 0.25) is 0 Å². The van der Waals surface area contributed by atoms with Crippen LogP contribution in [0.3, 0.4) is 0 Å². The Morgan fingerprint density at radius 2 is 2.05 bits per heavy atom. The number of aliphatic hydroxyl groups is 1. The van der Waals surface area contributed by atoms with Gasteiger partial charge in [0, 0.05) is 38.8 Å². The topological polar surface area (TPSA) is 35.5 Å². The summed E-state index contributed by atoms with van der Waals surface area (Å²) >= 11 is 0. The molecule has 0 aromatic heterocycles. The molecule has 3 heteroatoms. The van der Waals surface area contributed by atoms with Crippen molar-refractivity contribution in [2.75, 3.05) is 26.2 Å². The van der Waals surface area contributed by atoms with Crippen LogP contribution in [0, 0.1) is 17.8 Å². The van der Waals surface area contributed by atoms with Crippen molar-refractivity contribution in [2.45, 2.75) is 32.4 Å². The van der Waals surface area contributed by atoms with Crippen LogP contribution >= 0.6 is 0 Å². The molecule has 0 bridgehead atoms. The van der Waals surface area contributed by atoms with E-state index < -0.39 is 0 Å². The summed E-state index contributed by atoms with van der Waals surface area (Å²) in [5, 5.41) is 12.9. The number of hydrogen-bond acceptors (Lipinski definition) is 3. The molecule has 21 heavy (non-hydrogen) atoms. The molecule has 4 atom stereocenters. The molecule has 2 fully saturated rings. The summed E-state index contributed by atoms with van der Waals surface area (Å²) in [7, 11) is 0. The SMILES string of the molecule is CC(CO)CNC1CCC2CN(Cc3ccccc3)CC21. The second kappa shape index (κ2) is 6.91. The van der Waals surface area contributed by atoms with Gasteiger partial charge >= 0.3 is 0 Å². The van der Waals surface area contributed by atoms with Gasteiger partial charge < -0.3 is 10.4 Å². The van der Waals surface area contributed by atoms with E-state index in [1.165, 1.54) is 31.5 Å². The van der Waals surface area contributed by atoms with Gasteiger partial charge in [-0.25, -0.2) is 0 Å². The molecule has 0 spiro atoms. The lowest BCUT2D eigenvalue weighted by Gasteiger charge is -2.23. The third-order valence-electron chi connectivity index (χ3n) is 5.22. The summed E-state index contributed by atoms with van der Waals surface area (Å²) in [5.41, 5.74) is 1.43. The number of aliphatic hydroxyl groups excluding tert-OH is 1. The third-order valence-corrected chi connectivity index (χ3v) is 5.22.